The van der Waals surface area contributed by atoms with Crippen molar-refractivity contribution < 1.29 is 38.2 Å². The minimum absolute atomic E-state index is 0.0798. The van der Waals surface area contributed by atoms with E-state index in [1.807, 2.05) is 0 Å². The average Bonchev–Trinajstić information content (AvgIpc) is 2.97. The molecule has 1 heterocycles. The third-order valence-electron chi connectivity index (χ3n) is 6.79. The van der Waals surface area contributed by atoms with Crippen molar-refractivity contribution in [1.82, 2.24) is 4.90 Å². The standard InChI is InChI=1S/C31H29NO8/c1-21(33)26-27(34)32(25(28(35)38-2)18-22-12-6-3-7-13-22)31(26,29(36)39-19-23-14-8-4-9-15-23)30(37)40-20-24-16-10-5-11-17-24/h3-17,25-26H,18-20H2,1-2H3. The van der Waals surface area contributed by atoms with Crippen LogP contribution in [-0.4, -0.2) is 53.2 Å². The molecule has 3 aromatic rings. The molecule has 1 saturated heterocycles. The van der Waals surface area contributed by atoms with E-state index in [-0.39, 0.29) is 19.6 Å². The maximum absolute atomic E-state index is 13.9. The van der Waals surface area contributed by atoms with Crippen LogP contribution in [0.3, 0.4) is 0 Å². The molecule has 4 rings (SSSR count). The number of ketones is 1. The summed E-state index contributed by atoms with van der Waals surface area (Å²) in [5.74, 6) is -6.55. The molecule has 2 unspecified atom stereocenters. The van der Waals surface area contributed by atoms with Crippen LogP contribution in [0.15, 0.2) is 91.0 Å². The molecular formula is C31H29NO8. The van der Waals surface area contributed by atoms with Crippen LogP contribution in [0.5, 0.6) is 0 Å². The Kier molecular flexibility index (Phi) is 8.73. The van der Waals surface area contributed by atoms with E-state index in [4.69, 9.17) is 14.2 Å². The summed E-state index contributed by atoms with van der Waals surface area (Å²) >= 11 is 0. The molecule has 0 N–H and O–H groups in total. The highest BCUT2D eigenvalue weighted by molar-refractivity contribution is 6.25. The van der Waals surface area contributed by atoms with Crippen LogP contribution in [0.25, 0.3) is 0 Å². The van der Waals surface area contributed by atoms with E-state index in [2.05, 4.69) is 0 Å². The molecule has 9 nitrogen and oxygen atoms in total. The van der Waals surface area contributed by atoms with Crippen molar-refractivity contribution >= 4 is 29.6 Å². The highest BCUT2D eigenvalue weighted by Gasteiger charge is 2.75. The summed E-state index contributed by atoms with van der Waals surface area (Å²) in [6.07, 6.45) is -0.0798. The highest BCUT2D eigenvalue weighted by atomic mass is 16.6. The monoisotopic (exact) mass is 543 g/mol. The molecule has 0 spiro atoms. The van der Waals surface area contributed by atoms with E-state index in [1.165, 1.54) is 0 Å². The fourth-order valence-corrected chi connectivity index (χ4v) is 4.87. The van der Waals surface area contributed by atoms with E-state index in [9.17, 15) is 24.0 Å². The van der Waals surface area contributed by atoms with Crippen molar-refractivity contribution in [2.24, 2.45) is 5.92 Å². The van der Waals surface area contributed by atoms with Crippen molar-refractivity contribution in [1.29, 1.82) is 0 Å². The molecule has 0 aromatic heterocycles. The Morgan fingerprint density at radius 2 is 1.18 bits per heavy atom. The van der Waals surface area contributed by atoms with Crippen molar-refractivity contribution in [2.45, 2.75) is 38.1 Å². The molecule has 9 heteroatoms. The zero-order valence-electron chi connectivity index (χ0n) is 22.1. The van der Waals surface area contributed by atoms with E-state index >= 15 is 0 Å². The molecule has 206 valence electrons. The summed E-state index contributed by atoms with van der Waals surface area (Å²) in [5, 5.41) is 0. The number of rotatable bonds is 11. The summed E-state index contributed by atoms with van der Waals surface area (Å²) in [6.45, 7) is 0.636. The predicted octanol–water partition coefficient (Wildman–Crippen LogP) is 3.04. The second-order valence-electron chi connectivity index (χ2n) is 9.37. The third-order valence-corrected chi connectivity index (χ3v) is 6.79. The maximum Gasteiger partial charge on any atom is 0.345 e. The number of likely N-dealkylation sites (tertiary alicyclic amines) is 1. The first-order valence-corrected chi connectivity index (χ1v) is 12.7. The van der Waals surface area contributed by atoms with Gasteiger partial charge in [0.05, 0.1) is 7.11 Å². The summed E-state index contributed by atoms with van der Waals surface area (Å²) in [7, 11) is 1.14. The van der Waals surface area contributed by atoms with Gasteiger partial charge in [0.2, 0.25) is 5.91 Å². The van der Waals surface area contributed by atoms with Crippen molar-refractivity contribution in [3.8, 4) is 0 Å². The summed E-state index contributed by atoms with van der Waals surface area (Å²) in [6, 6.07) is 24.7. The topological polar surface area (TPSA) is 116 Å². The average molecular weight is 544 g/mol. The predicted molar refractivity (Wildman–Crippen MR) is 142 cm³/mol. The fraction of sp³-hybridized carbons (Fsp3) is 0.258. The third kappa shape index (κ3) is 5.49. The Morgan fingerprint density at radius 3 is 1.57 bits per heavy atom. The second-order valence-corrected chi connectivity index (χ2v) is 9.37. The van der Waals surface area contributed by atoms with Crippen LogP contribution in [0.2, 0.25) is 0 Å². The van der Waals surface area contributed by atoms with Crippen LogP contribution in [0.1, 0.15) is 23.6 Å². The zero-order valence-corrected chi connectivity index (χ0v) is 22.1. The number of β-lactam (4-membered cyclic amide) rings is 1. The SMILES string of the molecule is COC(=O)C(Cc1ccccc1)N1C(=O)C(C(C)=O)C1(C(=O)OCc1ccccc1)C(=O)OCc1ccccc1. The van der Waals surface area contributed by atoms with Gasteiger partial charge in [-0.25, -0.2) is 14.4 Å². The molecule has 0 radical (unpaired) electrons. The van der Waals surface area contributed by atoms with Gasteiger partial charge in [-0.3, -0.25) is 9.59 Å². The summed E-state index contributed by atoms with van der Waals surface area (Å²) < 4.78 is 16.1. The molecular weight excluding hydrogens is 514 g/mol. The minimum Gasteiger partial charge on any atom is -0.467 e. The Labute approximate surface area is 231 Å². The second kappa shape index (κ2) is 12.4. The number of hydrogen-bond donors (Lipinski definition) is 0. The van der Waals surface area contributed by atoms with Crippen molar-refractivity contribution in [3.63, 3.8) is 0 Å². The highest BCUT2D eigenvalue weighted by Crippen LogP contribution is 2.44. The van der Waals surface area contributed by atoms with Crippen LogP contribution in [-0.2, 0) is 57.8 Å². The number of amides is 1. The van der Waals surface area contributed by atoms with Gasteiger partial charge >= 0.3 is 17.9 Å². The molecule has 0 bridgehead atoms. The number of benzene rings is 3. The lowest BCUT2D eigenvalue weighted by atomic mass is 9.69. The first-order chi connectivity index (χ1) is 19.3. The molecule has 1 amide bonds. The van der Waals surface area contributed by atoms with Crippen LogP contribution in [0, 0.1) is 5.92 Å². The van der Waals surface area contributed by atoms with E-state index < -0.39 is 47.1 Å². The Balaban J connectivity index is 1.77. The lowest BCUT2D eigenvalue weighted by Crippen LogP contribution is -2.83. The molecule has 0 saturated carbocycles. The largest absolute Gasteiger partial charge is 0.467 e. The van der Waals surface area contributed by atoms with Crippen molar-refractivity contribution in [3.05, 3.63) is 108 Å². The van der Waals surface area contributed by atoms with Gasteiger partial charge in [-0.1, -0.05) is 91.0 Å². The van der Waals surface area contributed by atoms with Crippen LogP contribution < -0.4 is 0 Å². The normalized spacial score (nSPS) is 16.3. The summed E-state index contributed by atoms with van der Waals surface area (Å²) in [4.78, 5) is 68.0. The number of Topliss-reactive ketones (excluding diaryl/α,β-unsaturated/α-hetero) is 1. The maximum atomic E-state index is 13.9. The summed E-state index contributed by atoms with van der Waals surface area (Å²) in [5.41, 5.74) is -0.649. The van der Waals surface area contributed by atoms with E-state index in [0.29, 0.717) is 16.7 Å². The number of carbonyl (C=O) groups is 5. The Morgan fingerprint density at radius 1 is 0.750 bits per heavy atom. The number of nitrogens with zero attached hydrogens (tertiary/aromatic N) is 1. The number of hydrogen-bond acceptors (Lipinski definition) is 8. The van der Waals surface area contributed by atoms with Gasteiger partial charge in [-0.2, -0.15) is 0 Å². The lowest BCUT2D eigenvalue weighted by molar-refractivity contribution is -0.211. The number of esters is 3. The van der Waals surface area contributed by atoms with Crippen LogP contribution >= 0.6 is 0 Å². The molecule has 2 atom stereocenters. The molecule has 1 aliphatic rings. The van der Waals surface area contributed by atoms with Gasteiger partial charge in [0.25, 0.3) is 5.54 Å². The van der Waals surface area contributed by atoms with Gasteiger partial charge in [-0.05, 0) is 23.6 Å². The molecule has 1 aliphatic heterocycles. The zero-order chi connectivity index (χ0) is 28.7. The first kappa shape index (κ1) is 28.2. The molecule has 40 heavy (non-hydrogen) atoms. The van der Waals surface area contributed by atoms with Gasteiger partial charge in [-0.15, -0.1) is 0 Å². The fourth-order valence-electron chi connectivity index (χ4n) is 4.87. The number of ether oxygens (including phenoxy) is 3. The van der Waals surface area contributed by atoms with Gasteiger partial charge in [0.15, 0.2) is 0 Å². The lowest BCUT2D eigenvalue weighted by Gasteiger charge is -2.54. The minimum atomic E-state index is -2.53. The van der Waals surface area contributed by atoms with Crippen LogP contribution in [0.4, 0.5) is 0 Å². The molecule has 3 aromatic carbocycles. The quantitative estimate of drug-likeness (QED) is 0.157. The van der Waals surface area contributed by atoms with E-state index in [0.717, 1.165) is 18.9 Å². The number of carbonyl (C=O) groups excluding carboxylic acids is 5. The molecule has 1 fully saturated rings. The van der Waals surface area contributed by atoms with Gasteiger partial charge < -0.3 is 19.1 Å². The number of methoxy groups -OCH3 is 1. The van der Waals surface area contributed by atoms with E-state index in [1.54, 1.807) is 91.0 Å². The molecule has 0 aliphatic carbocycles. The first-order valence-electron chi connectivity index (χ1n) is 12.7. The Bertz CT molecular complexity index is 1320. The Hall–Kier alpha value is -4.79. The van der Waals surface area contributed by atoms with Gasteiger partial charge in [0.1, 0.15) is 31.0 Å². The van der Waals surface area contributed by atoms with Crippen molar-refractivity contribution in [2.75, 3.05) is 7.11 Å². The van der Waals surface area contributed by atoms with Gasteiger partial charge in [0, 0.05) is 6.42 Å². The smallest absolute Gasteiger partial charge is 0.345 e.